The monoisotopic (exact) mass is 302 g/mol. The van der Waals surface area contributed by atoms with Crippen LogP contribution in [0.5, 0.6) is 5.75 Å². The summed E-state index contributed by atoms with van der Waals surface area (Å²) in [5.41, 5.74) is 2.63. The van der Waals surface area contributed by atoms with Crippen molar-refractivity contribution < 1.29 is 9.53 Å². The number of carbonyl (C=O) groups excluding carboxylic acids is 1. The summed E-state index contributed by atoms with van der Waals surface area (Å²) >= 11 is 1.40. The van der Waals surface area contributed by atoms with Gasteiger partial charge in [0.15, 0.2) is 16.5 Å². The van der Waals surface area contributed by atoms with Gasteiger partial charge in [0.1, 0.15) is 5.69 Å². The maximum Gasteiger partial charge on any atom is 0.276 e. The van der Waals surface area contributed by atoms with Gasteiger partial charge in [-0.1, -0.05) is 0 Å². The summed E-state index contributed by atoms with van der Waals surface area (Å²) in [7, 11) is 1.58. The zero-order valence-electron chi connectivity index (χ0n) is 11.9. The highest BCUT2D eigenvalue weighted by atomic mass is 32.1. The highest BCUT2D eigenvalue weighted by molar-refractivity contribution is 7.13. The Morgan fingerprint density at radius 2 is 2.19 bits per heavy atom. The number of carbonyl (C=O) groups is 1. The van der Waals surface area contributed by atoms with Gasteiger partial charge >= 0.3 is 0 Å². The van der Waals surface area contributed by atoms with Gasteiger partial charge in [0.25, 0.3) is 5.91 Å². The van der Waals surface area contributed by atoms with Crippen molar-refractivity contribution in [2.45, 2.75) is 13.8 Å². The molecule has 0 aliphatic carbocycles. The first-order valence-electron chi connectivity index (χ1n) is 6.35. The molecule has 1 amide bonds. The Balaban J connectivity index is 2.03. The van der Waals surface area contributed by atoms with Crippen molar-refractivity contribution in [1.82, 2.24) is 14.4 Å². The van der Waals surface area contributed by atoms with E-state index in [1.54, 1.807) is 24.6 Å². The number of aryl methyl sites for hydroxylation is 2. The number of thiazole rings is 1. The van der Waals surface area contributed by atoms with Gasteiger partial charge in [-0.25, -0.2) is 9.97 Å². The number of nitrogens with zero attached hydrogens (tertiary/aromatic N) is 3. The molecule has 0 aromatic carbocycles. The third kappa shape index (κ3) is 2.36. The van der Waals surface area contributed by atoms with Gasteiger partial charge in [-0.3, -0.25) is 14.5 Å². The highest BCUT2D eigenvalue weighted by Crippen LogP contribution is 2.23. The van der Waals surface area contributed by atoms with Gasteiger partial charge in [0, 0.05) is 11.6 Å². The summed E-state index contributed by atoms with van der Waals surface area (Å²) in [6.07, 6.45) is 1.79. The first kappa shape index (κ1) is 13.6. The van der Waals surface area contributed by atoms with Gasteiger partial charge in [-0.2, -0.15) is 0 Å². The number of anilines is 1. The highest BCUT2D eigenvalue weighted by Gasteiger charge is 2.19. The molecule has 0 unspecified atom stereocenters. The Morgan fingerprint density at radius 1 is 1.38 bits per heavy atom. The van der Waals surface area contributed by atoms with E-state index >= 15 is 0 Å². The standard InChI is InChI=1S/C14H14N4O2S/c1-8-7-21-14(15-8)17-13(19)11-9(2)16-12-10(20-3)5-4-6-18(11)12/h4-7H,1-3H3,(H,15,17,19). The van der Waals surface area contributed by atoms with Crippen LogP contribution in [-0.2, 0) is 0 Å². The lowest BCUT2D eigenvalue weighted by Crippen LogP contribution is -2.15. The fraction of sp³-hybridized carbons (Fsp3) is 0.214. The topological polar surface area (TPSA) is 68.5 Å². The number of hydrogen-bond acceptors (Lipinski definition) is 5. The molecule has 3 rings (SSSR count). The maximum absolute atomic E-state index is 12.5. The van der Waals surface area contributed by atoms with Crippen LogP contribution >= 0.6 is 11.3 Å². The van der Waals surface area contributed by atoms with Crippen molar-refractivity contribution in [3.63, 3.8) is 0 Å². The summed E-state index contributed by atoms with van der Waals surface area (Å²) in [5.74, 6) is 0.396. The zero-order chi connectivity index (χ0) is 15.0. The van der Waals surface area contributed by atoms with Gasteiger partial charge in [-0.15, -0.1) is 11.3 Å². The van der Waals surface area contributed by atoms with Crippen molar-refractivity contribution in [3.05, 3.63) is 40.8 Å². The Morgan fingerprint density at radius 3 is 2.86 bits per heavy atom. The number of hydrogen-bond donors (Lipinski definition) is 1. The molecule has 0 saturated heterocycles. The Hall–Kier alpha value is -2.41. The molecule has 0 aliphatic heterocycles. The second-order valence-corrected chi connectivity index (χ2v) is 5.42. The average molecular weight is 302 g/mol. The quantitative estimate of drug-likeness (QED) is 0.807. The molecule has 0 spiro atoms. The summed E-state index contributed by atoms with van der Waals surface area (Å²) in [6, 6.07) is 3.63. The molecular weight excluding hydrogens is 288 g/mol. The number of fused-ring (bicyclic) bond motifs is 1. The van der Waals surface area contributed by atoms with E-state index in [1.807, 2.05) is 24.4 Å². The Kier molecular flexibility index (Phi) is 3.34. The van der Waals surface area contributed by atoms with Crippen molar-refractivity contribution in [3.8, 4) is 5.75 Å². The number of ether oxygens (including phenoxy) is 1. The Labute approximate surface area is 125 Å². The molecule has 0 atom stereocenters. The fourth-order valence-corrected chi connectivity index (χ4v) is 2.84. The molecule has 3 aromatic rings. The van der Waals surface area contributed by atoms with Crippen molar-refractivity contribution in [2.75, 3.05) is 12.4 Å². The van der Waals surface area contributed by atoms with Crippen molar-refractivity contribution in [1.29, 1.82) is 0 Å². The minimum absolute atomic E-state index is 0.234. The molecule has 1 N–H and O–H groups in total. The molecule has 0 fully saturated rings. The van der Waals surface area contributed by atoms with E-state index in [9.17, 15) is 4.79 Å². The van der Waals surface area contributed by atoms with Crippen LogP contribution in [-0.4, -0.2) is 27.4 Å². The largest absolute Gasteiger partial charge is 0.493 e. The normalized spacial score (nSPS) is 10.8. The van der Waals surface area contributed by atoms with Crippen molar-refractivity contribution in [2.24, 2.45) is 0 Å². The van der Waals surface area contributed by atoms with Gasteiger partial charge in [0.05, 0.1) is 18.5 Å². The Bertz CT molecular complexity index is 822. The van der Waals surface area contributed by atoms with Crippen LogP contribution < -0.4 is 10.1 Å². The number of imidazole rings is 1. The molecule has 3 aromatic heterocycles. The molecule has 0 aliphatic rings. The van der Waals surface area contributed by atoms with Crippen LogP contribution in [0, 0.1) is 13.8 Å². The number of rotatable bonds is 3. The van der Waals surface area contributed by atoms with E-state index < -0.39 is 0 Å². The summed E-state index contributed by atoms with van der Waals surface area (Å²) < 4.78 is 7.00. The van der Waals surface area contributed by atoms with E-state index in [2.05, 4.69) is 15.3 Å². The number of pyridine rings is 1. The maximum atomic E-state index is 12.5. The lowest BCUT2D eigenvalue weighted by molar-refractivity contribution is 0.102. The number of nitrogens with one attached hydrogen (secondary N) is 1. The SMILES string of the molecule is COc1cccn2c(C(=O)Nc3nc(C)cs3)c(C)nc12. The fourth-order valence-electron chi connectivity index (χ4n) is 2.16. The predicted molar refractivity (Wildman–Crippen MR) is 81.3 cm³/mol. The predicted octanol–water partition coefficient (Wildman–Crippen LogP) is 2.67. The molecule has 0 saturated carbocycles. The van der Waals surface area contributed by atoms with E-state index in [0.29, 0.717) is 27.9 Å². The second kappa shape index (κ2) is 5.17. The van der Waals surface area contributed by atoms with Gasteiger partial charge in [0.2, 0.25) is 0 Å². The smallest absolute Gasteiger partial charge is 0.276 e. The second-order valence-electron chi connectivity index (χ2n) is 4.56. The molecular formula is C14H14N4O2S. The summed E-state index contributed by atoms with van der Waals surface area (Å²) in [5, 5.41) is 5.27. The molecule has 3 heterocycles. The van der Waals surface area contributed by atoms with Crippen molar-refractivity contribution >= 4 is 28.0 Å². The molecule has 21 heavy (non-hydrogen) atoms. The zero-order valence-corrected chi connectivity index (χ0v) is 12.7. The van der Waals surface area contributed by atoms with E-state index in [1.165, 1.54) is 11.3 Å². The number of methoxy groups -OCH3 is 1. The minimum Gasteiger partial charge on any atom is -0.493 e. The lowest BCUT2D eigenvalue weighted by atomic mass is 10.3. The van der Waals surface area contributed by atoms with Crippen LogP contribution in [0.2, 0.25) is 0 Å². The van der Waals surface area contributed by atoms with Crippen LogP contribution in [0.4, 0.5) is 5.13 Å². The van der Waals surface area contributed by atoms with E-state index in [4.69, 9.17) is 4.74 Å². The molecule has 108 valence electrons. The van der Waals surface area contributed by atoms with Crippen LogP contribution in [0.15, 0.2) is 23.7 Å². The average Bonchev–Trinajstić information content (AvgIpc) is 3.00. The summed E-state index contributed by atoms with van der Waals surface area (Å²) in [6.45, 7) is 3.69. The van der Waals surface area contributed by atoms with E-state index in [-0.39, 0.29) is 5.91 Å². The van der Waals surface area contributed by atoms with Crippen LogP contribution in [0.3, 0.4) is 0 Å². The number of aromatic nitrogens is 3. The third-order valence-corrected chi connectivity index (χ3v) is 3.94. The third-order valence-electron chi connectivity index (χ3n) is 3.06. The summed E-state index contributed by atoms with van der Waals surface area (Å²) in [4.78, 5) is 21.1. The molecule has 0 radical (unpaired) electrons. The van der Waals surface area contributed by atoms with Gasteiger partial charge < -0.3 is 4.74 Å². The van der Waals surface area contributed by atoms with Crippen LogP contribution in [0.1, 0.15) is 21.9 Å². The van der Waals surface area contributed by atoms with E-state index in [0.717, 1.165) is 5.69 Å². The molecule has 6 nitrogen and oxygen atoms in total. The number of amides is 1. The molecule has 7 heteroatoms. The molecule has 0 bridgehead atoms. The lowest BCUT2D eigenvalue weighted by Gasteiger charge is -2.04. The minimum atomic E-state index is -0.234. The van der Waals surface area contributed by atoms with Crippen LogP contribution in [0.25, 0.3) is 5.65 Å². The first-order valence-corrected chi connectivity index (χ1v) is 7.23. The van der Waals surface area contributed by atoms with Gasteiger partial charge in [-0.05, 0) is 26.0 Å². The first-order chi connectivity index (χ1) is 10.1.